The fourth-order valence-electron chi connectivity index (χ4n) is 1.63. The van der Waals surface area contributed by atoms with Crippen LogP contribution in [0.25, 0.3) is 0 Å². The molecule has 1 aromatic heterocycles. The Labute approximate surface area is 87.9 Å². The van der Waals surface area contributed by atoms with Crippen molar-refractivity contribution in [2.75, 3.05) is 0 Å². The fourth-order valence-corrected chi connectivity index (χ4v) is 1.63. The maximum Gasteiger partial charge on any atom is 0.124 e. The van der Waals surface area contributed by atoms with Crippen molar-refractivity contribution in [3.8, 4) is 0 Å². The van der Waals surface area contributed by atoms with Crippen molar-refractivity contribution >= 4 is 12.1 Å². The predicted molar refractivity (Wildman–Crippen MR) is 59.6 cm³/mol. The van der Waals surface area contributed by atoms with Crippen LogP contribution in [-0.2, 0) is 6.42 Å². The second kappa shape index (κ2) is 3.78. The molecule has 15 heavy (non-hydrogen) atoms. The van der Waals surface area contributed by atoms with E-state index in [9.17, 15) is 0 Å². The largest absolute Gasteiger partial charge is 0.386 e. The summed E-state index contributed by atoms with van der Waals surface area (Å²) in [6, 6.07) is 3.87. The third-order valence-corrected chi connectivity index (χ3v) is 2.27. The second-order valence-electron chi connectivity index (χ2n) is 3.78. The van der Waals surface area contributed by atoms with Crippen molar-refractivity contribution in [2.45, 2.75) is 18.4 Å². The number of hydrogen-bond acceptors (Lipinski definition) is 5. The summed E-state index contributed by atoms with van der Waals surface area (Å²) in [5.41, 5.74) is 12.3. The summed E-state index contributed by atoms with van der Waals surface area (Å²) in [6.45, 7) is 0. The van der Waals surface area contributed by atoms with E-state index in [0.717, 1.165) is 5.56 Å². The van der Waals surface area contributed by atoms with E-state index in [1.807, 2.05) is 12.1 Å². The second-order valence-corrected chi connectivity index (χ2v) is 3.78. The lowest BCUT2D eigenvalue weighted by atomic mass is 9.89. The molecule has 0 fully saturated rings. The molecule has 0 spiro atoms. The van der Waals surface area contributed by atoms with Gasteiger partial charge in [0.15, 0.2) is 0 Å². The van der Waals surface area contributed by atoms with Gasteiger partial charge in [-0.3, -0.25) is 4.98 Å². The number of pyridine rings is 1. The zero-order valence-electron chi connectivity index (χ0n) is 8.30. The topological polar surface area (TPSA) is 89.6 Å². The minimum Gasteiger partial charge on any atom is -0.386 e. The van der Waals surface area contributed by atoms with Crippen molar-refractivity contribution in [3.05, 3.63) is 30.1 Å². The monoisotopic (exact) mass is 203 g/mol. The number of rotatable bonds is 2. The lowest BCUT2D eigenvalue weighted by Gasteiger charge is -2.26. The fraction of sp³-hybridized carbons (Fsp3) is 0.300. The first-order chi connectivity index (χ1) is 7.18. The zero-order valence-corrected chi connectivity index (χ0v) is 8.30. The van der Waals surface area contributed by atoms with Crippen molar-refractivity contribution in [2.24, 2.45) is 21.7 Å². The van der Waals surface area contributed by atoms with Crippen molar-refractivity contribution in [3.63, 3.8) is 0 Å². The standard InChI is InChI=1S/C10H13N5/c11-9-5-10(12,7-14-15-9)4-8-2-1-3-13-6-8/h1-3,6-7H,4-5,12H2,(H2,11,15). The van der Waals surface area contributed by atoms with Crippen LogP contribution < -0.4 is 11.5 Å². The predicted octanol–water partition coefficient (Wildman–Crippen LogP) is 0.0683. The van der Waals surface area contributed by atoms with Gasteiger partial charge < -0.3 is 11.5 Å². The van der Waals surface area contributed by atoms with Gasteiger partial charge in [-0.1, -0.05) is 6.07 Å². The summed E-state index contributed by atoms with van der Waals surface area (Å²) in [5, 5.41) is 7.54. The van der Waals surface area contributed by atoms with Gasteiger partial charge in [-0.2, -0.15) is 5.10 Å². The maximum absolute atomic E-state index is 6.14. The van der Waals surface area contributed by atoms with Gasteiger partial charge in [-0.15, -0.1) is 5.10 Å². The van der Waals surface area contributed by atoms with E-state index in [1.54, 1.807) is 18.6 Å². The Bertz CT molecular complexity index is 398. The Hall–Kier alpha value is -1.75. The molecule has 1 aromatic rings. The molecule has 1 aliphatic heterocycles. The summed E-state index contributed by atoms with van der Waals surface area (Å²) in [6.07, 6.45) is 6.38. The highest BCUT2D eigenvalue weighted by molar-refractivity contribution is 5.89. The van der Waals surface area contributed by atoms with E-state index in [4.69, 9.17) is 11.5 Å². The number of nitrogens with zero attached hydrogens (tertiary/aromatic N) is 3. The molecule has 0 aromatic carbocycles. The normalized spacial score (nSPS) is 25.0. The van der Waals surface area contributed by atoms with E-state index < -0.39 is 5.54 Å². The Morgan fingerprint density at radius 3 is 3.00 bits per heavy atom. The molecule has 1 aliphatic rings. The Kier molecular flexibility index (Phi) is 2.47. The molecule has 1 atom stereocenters. The van der Waals surface area contributed by atoms with Gasteiger partial charge in [-0.25, -0.2) is 0 Å². The van der Waals surface area contributed by atoms with Crippen LogP contribution in [-0.4, -0.2) is 22.6 Å². The smallest absolute Gasteiger partial charge is 0.124 e. The molecule has 5 nitrogen and oxygen atoms in total. The number of amidine groups is 1. The van der Waals surface area contributed by atoms with Crippen LogP contribution in [0.2, 0.25) is 0 Å². The van der Waals surface area contributed by atoms with Gasteiger partial charge in [0.2, 0.25) is 0 Å². The summed E-state index contributed by atoms with van der Waals surface area (Å²) in [7, 11) is 0. The van der Waals surface area contributed by atoms with Gasteiger partial charge in [-0.05, 0) is 18.1 Å². The summed E-state index contributed by atoms with van der Waals surface area (Å²) in [4.78, 5) is 4.04. The van der Waals surface area contributed by atoms with Crippen molar-refractivity contribution < 1.29 is 0 Å². The third-order valence-electron chi connectivity index (χ3n) is 2.27. The van der Waals surface area contributed by atoms with Gasteiger partial charge >= 0.3 is 0 Å². The van der Waals surface area contributed by atoms with Crippen LogP contribution in [0.4, 0.5) is 0 Å². The molecule has 0 amide bonds. The third kappa shape index (κ3) is 2.38. The summed E-state index contributed by atoms with van der Waals surface area (Å²) < 4.78 is 0. The van der Waals surface area contributed by atoms with Crippen LogP contribution in [0.15, 0.2) is 34.7 Å². The van der Waals surface area contributed by atoms with Crippen molar-refractivity contribution in [1.82, 2.24) is 4.98 Å². The molecular formula is C10H13N5. The summed E-state index contributed by atoms with van der Waals surface area (Å²) in [5.74, 6) is 0.476. The van der Waals surface area contributed by atoms with Gasteiger partial charge in [0.1, 0.15) is 5.84 Å². The number of aromatic nitrogens is 1. The van der Waals surface area contributed by atoms with Crippen LogP contribution in [0, 0.1) is 0 Å². The molecule has 2 heterocycles. The molecule has 78 valence electrons. The van der Waals surface area contributed by atoms with Gasteiger partial charge in [0, 0.05) is 25.0 Å². The number of nitrogens with two attached hydrogens (primary N) is 2. The average molecular weight is 203 g/mol. The molecule has 5 heteroatoms. The zero-order chi connectivity index (χ0) is 10.7. The van der Waals surface area contributed by atoms with Crippen LogP contribution in [0.3, 0.4) is 0 Å². The van der Waals surface area contributed by atoms with E-state index >= 15 is 0 Å². The van der Waals surface area contributed by atoms with Gasteiger partial charge in [0.05, 0.1) is 5.54 Å². The molecule has 0 saturated heterocycles. The SMILES string of the molecule is NC1=NN=CC(N)(Cc2cccnc2)C1. The highest BCUT2D eigenvalue weighted by Crippen LogP contribution is 2.15. The lowest BCUT2D eigenvalue weighted by molar-refractivity contribution is 0.583. The van der Waals surface area contributed by atoms with E-state index in [-0.39, 0.29) is 0 Å². The van der Waals surface area contributed by atoms with Crippen molar-refractivity contribution in [1.29, 1.82) is 0 Å². The lowest BCUT2D eigenvalue weighted by Crippen LogP contribution is -2.48. The molecule has 0 radical (unpaired) electrons. The molecule has 0 aliphatic carbocycles. The van der Waals surface area contributed by atoms with E-state index in [1.165, 1.54) is 0 Å². The molecule has 1 unspecified atom stereocenters. The Morgan fingerprint density at radius 1 is 1.47 bits per heavy atom. The highest BCUT2D eigenvalue weighted by Gasteiger charge is 2.27. The van der Waals surface area contributed by atoms with E-state index in [0.29, 0.717) is 18.7 Å². The molecular weight excluding hydrogens is 190 g/mol. The Balaban J connectivity index is 2.13. The first kappa shape index (κ1) is 9.79. The average Bonchev–Trinajstić information content (AvgIpc) is 2.18. The molecule has 2 rings (SSSR count). The summed E-state index contributed by atoms with van der Waals surface area (Å²) >= 11 is 0. The molecule has 0 bridgehead atoms. The minimum absolute atomic E-state index is 0.476. The minimum atomic E-state index is -0.533. The first-order valence-corrected chi connectivity index (χ1v) is 4.72. The highest BCUT2D eigenvalue weighted by atomic mass is 15.2. The van der Waals surface area contributed by atoms with E-state index in [2.05, 4.69) is 15.2 Å². The Morgan fingerprint density at radius 2 is 2.33 bits per heavy atom. The number of hydrogen-bond donors (Lipinski definition) is 2. The van der Waals surface area contributed by atoms with Gasteiger partial charge in [0.25, 0.3) is 0 Å². The van der Waals surface area contributed by atoms with Crippen LogP contribution >= 0.6 is 0 Å². The first-order valence-electron chi connectivity index (χ1n) is 4.72. The molecule has 0 saturated carbocycles. The van der Waals surface area contributed by atoms with Crippen LogP contribution in [0.5, 0.6) is 0 Å². The quantitative estimate of drug-likeness (QED) is 0.712. The molecule has 4 N–H and O–H groups in total. The maximum atomic E-state index is 6.14. The van der Waals surface area contributed by atoms with Crippen LogP contribution in [0.1, 0.15) is 12.0 Å².